The van der Waals surface area contributed by atoms with Gasteiger partial charge in [-0.25, -0.2) is 0 Å². The van der Waals surface area contributed by atoms with Crippen molar-refractivity contribution in [3.05, 3.63) is 11.6 Å². The fourth-order valence-corrected chi connectivity index (χ4v) is 9.36. The molecule has 0 spiro atoms. The van der Waals surface area contributed by atoms with Crippen LogP contribution in [-0.4, -0.2) is 214 Å². The number of ether oxygens (including phenoxy) is 18. The Kier molecular flexibility index (Phi) is 25.3. The highest BCUT2D eigenvalue weighted by Crippen LogP contribution is 2.39. The minimum Gasteiger partial charge on any atom is -0.463 e. The number of esters is 13. The highest BCUT2D eigenvalue weighted by molar-refractivity contribution is 5.71. The maximum absolute atomic E-state index is 13.2. The highest BCUT2D eigenvalue weighted by Gasteiger charge is 2.60. The normalized spacial score (nSPS) is 32.0. The van der Waals surface area contributed by atoms with Gasteiger partial charge in [-0.05, 0) is 6.92 Å². The molecule has 3 heterocycles. The summed E-state index contributed by atoms with van der Waals surface area (Å²) in [5.74, 6) is -12.6. The number of hydrogen-bond donors (Lipinski definition) is 1. The van der Waals surface area contributed by atoms with Crippen LogP contribution in [0.1, 0.15) is 96.9 Å². The molecule has 4 aliphatic rings. The summed E-state index contributed by atoms with van der Waals surface area (Å²) in [7, 11) is 0. The Hall–Kier alpha value is -7.39. The van der Waals surface area contributed by atoms with Crippen molar-refractivity contribution >= 4 is 77.6 Å². The van der Waals surface area contributed by atoms with Crippen LogP contribution in [0.15, 0.2) is 11.6 Å². The van der Waals surface area contributed by atoms with Gasteiger partial charge in [0.2, 0.25) is 12.4 Å². The fourth-order valence-electron chi connectivity index (χ4n) is 9.36. The van der Waals surface area contributed by atoms with E-state index in [0.29, 0.717) is 0 Å². The van der Waals surface area contributed by atoms with E-state index in [9.17, 15) is 62.3 Å². The number of hydrogen-bond acceptors (Lipinski definition) is 32. The first kappa shape index (κ1) is 68.1. The smallest absolute Gasteiger partial charge is 0.305 e. The van der Waals surface area contributed by atoms with Crippen molar-refractivity contribution < 1.29 is 148 Å². The van der Waals surface area contributed by atoms with Crippen molar-refractivity contribution in [3.8, 4) is 0 Å². The molecule has 32 nitrogen and oxygen atoms in total. The van der Waals surface area contributed by atoms with Crippen LogP contribution < -0.4 is 5.32 Å². The number of carbonyl (C=O) groups excluding carboxylic acids is 13. The molecule has 3 aliphatic heterocycles. The van der Waals surface area contributed by atoms with Gasteiger partial charge in [0.1, 0.15) is 44.2 Å². The van der Waals surface area contributed by atoms with Crippen molar-refractivity contribution in [2.45, 2.75) is 213 Å². The van der Waals surface area contributed by atoms with Crippen LogP contribution in [-0.2, 0) is 148 Å². The molecule has 3 fully saturated rings. The molecular weight excluding hydrogens is 1120 g/mol. The molecule has 32 heteroatoms. The van der Waals surface area contributed by atoms with E-state index in [-0.39, 0.29) is 5.57 Å². The summed E-state index contributed by atoms with van der Waals surface area (Å²) in [4.78, 5) is 165. The van der Waals surface area contributed by atoms with Gasteiger partial charge in [0.05, 0.1) is 18.2 Å². The first-order chi connectivity index (χ1) is 38.8. The first-order valence-electron chi connectivity index (χ1n) is 25.6. The largest absolute Gasteiger partial charge is 0.463 e. The Balaban J connectivity index is 1.93. The molecule has 0 aromatic rings. The average Bonchev–Trinajstić information content (AvgIpc) is 3.47. The van der Waals surface area contributed by atoms with Crippen molar-refractivity contribution in [1.29, 1.82) is 0 Å². The third-order valence-electron chi connectivity index (χ3n) is 12.0. The number of nitrogens with one attached hydrogen (secondary N) is 1. The monoisotopic (exact) mass is 1190 g/mol. The molecule has 0 bridgehead atoms. The molecule has 1 aliphatic carbocycles. The molecule has 3 saturated heterocycles. The van der Waals surface area contributed by atoms with Crippen LogP contribution in [0.3, 0.4) is 0 Å². The van der Waals surface area contributed by atoms with Gasteiger partial charge in [-0.15, -0.1) is 0 Å². The van der Waals surface area contributed by atoms with E-state index in [4.69, 9.17) is 85.3 Å². The first-order valence-corrected chi connectivity index (χ1v) is 25.6. The zero-order chi connectivity index (χ0) is 62.3. The quantitative estimate of drug-likeness (QED) is 0.0760. The van der Waals surface area contributed by atoms with Crippen LogP contribution >= 0.6 is 0 Å². The minimum atomic E-state index is -2.09. The van der Waals surface area contributed by atoms with Crippen LogP contribution in [0, 0.1) is 0 Å². The summed E-state index contributed by atoms with van der Waals surface area (Å²) < 4.78 is 104. The molecule has 0 saturated carbocycles. The van der Waals surface area contributed by atoms with Crippen LogP contribution in [0.5, 0.6) is 0 Å². The van der Waals surface area contributed by atoms with Crippen molar-refractivity contribution in [2.24, 2.45) is 0 Å². The van der Waals surface area contributed by atoms with Gasteiger partial charge in [0, 0.05) is 95.6 Å². The Morgan fingerprint density at radius 1 is 0.361 bits per heavy atom. The topological polar surface area (TPSA) is 400 Å². The van der Waals surface area contributed by atoms with Crippen LogP contribution in [0.2, 0.25) is 0 Å². The lowest BCUT2D eigenvalue weighted by Gasteiger charge is -2.51. The summed E-state index contributed by atoms with van der Waals surface area (Å²) in [6, 6.07) is -2.75. The summed E-state index contributed by atoms with van der Waals surface area (Å²) >= 11 is 0. The van der Waals surface area contributed by atoms with Gasteiger partial charge in [-0.2, -0.15) is 0 Å². The Bertz CT molecular complexity index is 2460. The van der Waals surface area contributed by atoms with Gasteiger partial charge in [0.15, 0.2) is 61.4 Å². The number of carbonyl (C=O) groups is 13. The maximum Gasteiger partial charge on any atom is 0.305 e. The molecule has 83 heavy (non-hydrogen) atoms. The average molecular weight is 1190 g/mol. The third kappa shape index (κ3) is 20.2. The predicted molar refractivity (Wildman–Crippen MR) is 262 cm³/mol. The van der Waals surface area contributed by atoms with E-state index in [0.717, 1.165) is 90.0 Å². The van der Waals surface area contributed by atoms with Crippen LogP contribution in [0.25, 0.3) is 0 Å². The lowest BCUT2D eigenvalue weighted by molar-refractivity contribution is -0.375. The zero-order valence-electron chi connectivity index (χ0n) is 47.8. The summed E-state index contributed by atoms with van der Waals surface area (Å²) in [5, 5.41) is 3.13. The van der Waals surface area contributed by atoms with E-state index in [2.05, 4.69) is 5.32 Å². The lowest BCUT2D eigenvalue weighted by atomic mass is 9.85. The molecule has 19 atom stereocenters. The molecule has 1 N–H and O–H groups in total. The molecule has 0 aromatic heterocycles. The molecule has 464 valence electrons. The standard InChI is InChI=1S/C51H69NO31/c1-19-37(52-34-15-33(16-66-20(2)53)38(70-23(5)56)43(73-26(8)59)39(34)71-24(6)57)42(72-25(7)58)46(76-29(11)62)49(69-19)82-40-36(18-68-22(4)55)81-51(48(78-31(13)64)45(40)75-28(10)61)83-41-35(17-67-21(3)54)80-50(79-32(14)65)47(77-30(12)63)44(41)74-27(9)60/h15,19,34-52H,16-18H2,1-14H3/t19-,34+,35-,36-,37-,38+,39+,40-,41-,42+,43+,44+,45+,46-,47-,48-,49-,50-,51-/m1/s1. The summed E-state index contributed by atoms with van der Waals surface area (Å²) in [6.45, 7) is 12.2. The SMILES string of the molecule is CC(=O)OCC1=C[C@H](N[C@H]2[C@H](OC(C)=O)[C@@H](OC(C)=O)[C@@H](O[C@H]3[C@H](OC(C)=O)[C@@H](OC(C)=O)[C@@H](O[C@H]4[C@H](OC(C)=O)[C@@H](OC(C)=O)[C@H](OC(C)=O)O[C@@H]4COC(C)=O)O[C@@H]3COC(C)=O)O[C@@H]2C)[C@H](OC(C)=O)[C@@H](OC(C)=O)[C@H]1OC(C)=O. The zero-order valence-corrected chi connectivity index (χ0v) is 47.8. The van der Waals surface area contributed by atoms with E-state index in [1.54, 1.807) is 0 Å². The minimum absolute atomic E-state index is 0.0131. The molecule has 4 rings (SSSR count). The fraction of sp³-hybridized carbons (Fsp3) is 0.706. The Labute approximate surface area is 474 Å². The van der Waals surface area contributed by atoms with Gasteiger partial charge < -0.3 is 85.3 Å². The van der Waals surface area contributed by atoms with E-state index >= 15 is 0 Å². The van der Waals surface area contributed by atoms with E-state index < -0.39 is 214 Å². The van der Waals surface area contributed by atoms with Gasteiger partial charge in [0.25, 0.3) is 0 Å². The molecule has 0 aromatic carbocycles. The molecule has 0 amide bonds. The number of rotatable bonds is 22. The van der Waals surface area contributed by atoms with Gasteiger partial charge in [-0.1, -0.05) is 6.08 Å². The van der Waals surface area contributed by atoms with Crippen molar-refractivity contribution in [1.82, 2.24) is 5.32 Å². The van der Waals surface area contributed by atoms with Gasteiger partial charge in [-0.3, -0.25) is 67.6 Å². The molecular formula is C51H69NO31. The van der Waals surface area contributed by atoms with Crippen molar-refractivity contribution in [2.75, 3.05) is 19.8 Å². The second-order valence-electron chi connectivity index (χ2n) is 19.1. The second kappa shape index (κ2) is 30.8. The highest BCUT2D eigenvalue weighted by atomic mass is 16.8. The third-order valence-corrected chi connectivity index (χ3v) is 12.0. The second-order valence-corrected chi connectivity index (χ2v) is 19.1. The summed E-state index contributed by atoms with van der Waals surface area (Å²) in [5.41, 5.74) is 0.0131. The Morgan fingerprint density at radius 2 is 0.699 bits per heavy atom. The van der Waals surface area contributed by atoms with E-state index in [1.165, 1.54) is 13.0 Å². The van der Waals surface area contributed by atoms with Crippen LogP contribution in [0.4, 0.5) is 0 Å². The van der Waals surface area contributed by atoms with E-state index in [1.807, 2.05) is 0 Å². The van der Waals surface area contributed by atoms with Gasteiger partial charge >= 0.3 is 77.6 Å². The summed E-state index contributed by atoms with van der Waals surface area (Å²) in [6.07, 6.45) is -29.1. The Morgan fingerprint density at radius 3 is 1.11 bits per heavy atom. The predicted octanol–water partition coefficient (Wildman–Crippen LogP) is -1.14. The maximum atomic E-state index is 13.2. The van der Waals surface area contributed by atoms with Crippen molar-refractivity contribution in [3.63, 3.8) is 0 Å². The molecule has 0 radical (unpaired) electrons. The lowest BCUT2D eigenvalue weighted by Crippen LogP contribution is -2.70. The molecule has 0 unspecified atom stereocenters.